The smallest absolute Gasteiger partial charge is 0.261 e. The van der Waals surface area contributed by atoms with E-state index in [2.05, 4.69) is 0 Å². The molecule has 0 bridgehead atoms. The van der Waals surface area contributed by atoms with E-state index in [1.165, 1.54) is 4.90 Å². The Morgan fingerprint density at radius 1 is 0.952 bits per heavy atom. The zero-order valence-corrected chi connectivity index (χ0v) is 11.8. The zero-order chi connectivity index (χ0) is 14.8. The summed E-state index contributed by atoms with van der Waals surface area (Å²) in [4.78, 5) is 37.2. The summed E-state index contributed by atoms with van der Waals surface area (Å²) in [6, 6.07) is 0. The molecular weight excluding hydrogens is 266 g/mol. The van der Waals surface area contributed by atoms with Gasteiger partial charge in [-0.3, -0.25) is 19.3 Å². The number of carbonyl (C=O) groups excluding carboxylic acids is 3. The molecule has 0 aromatic heterocycles. The first-order valence-corrected chi connectivity index (χ1v) is 7.32. The van der Waals surface area contributed by atoms with Gasteiger partial charge in [-0.15, -0.1) is 0 Å². The highest BCUT2D eigenvalue weighted by Crippen LogP contribution is 2.29. The van der Waals surface area contributed by atoms with Crippen molar-refractivity contribution in [2.24, 2.45) is 0 Å². The lowest BCUT2D eigenvalue weighted by Crippen LogP contribution is -2.32. The molecule has 0 aromatic carbocycles. The van der Waals surface area contributed by atoms with Crippen molar-refractivity contribution >= 4 is 17.6 Å². The summed E-state index contributed by atoms with van der Waals surface area (Å²) in [5, 5.41) is 0. The van der Waals surface area contributed by atoms with E-state index in [-0.39, 0.29) is 17.6 Å². The molecule has 4 heteroatoms. The average Bonchev–Trinajstić information content (AvgIpc) is 2.65. The first-order valence-electron chi connectivity index (χ1n) is 7.32. The summed E-state index contributed by atoms with van der Waals surface area (Å²) in [6.45, 7) is 0.378. The van der Waals surface area contributed by atoms with Crippen molar-refractivity contribution in [3.05, 3.63) is 47.1 Å². The average molecular weight is 283 g/mol. The molecule has 1 aliphatic heterocycles. The highest BCUT2D eigenvalue weighted by atomic mass is 16.2. The van der Waals surface area contributed by atoms with Gasteiger partial charge in [0.05, 0.1) is 0 Å². The molecule has 108 valence electrons. The largest absolute Gasteiger partial charge is 0.295 e. The van der Waals surface area contributed by atoms with Gasteiger partial charge >= 0.3 is 0 Å². The van der Waals surface area contributed by atoms with Crippen LogP contribution in [-0.2, 0) is 14.4 Å². The first-order chi connectivity index (χ1) is 10.2. The molecule has 2 amide bonds. The van der Waals surface area contributed by atoms with Gasteiger partial charge in [0.1, 0.15) is 0 Å². The van der Waals surface area contributed by atoms with Crippen LogP contribution in [-0.4, -0.2) is 29.0 Å². The number of amides is 2. The molecule has 0 fully saturated rings. The second-order valence-corrected chi connectivity index (χ2v) is 5.46. The summed E-state index contributed by atoms with van der Waals surface area (Å²) in [6.07, 6.45) is 12.4. The quantitative estimate of drug-likeness (QED) is 0.746. The van der Waals surface area contributed by atoms with Crippen LogP contribution in [0.2, 0.25) is 0 Å². The Labute approximate surface area is 123 Å². The van der Waals surface area contributed by atoms with E-state index < -0.39 is 0 Å². The van der Waals surface area contributed by atoms with Crippen molar-refractivity contribution in [1.29, 1.82) is 0 Å². The van der Waals surface area contributed by atoms with Crippen LogP contribution in [0, 0.1) is 0 Å². The summed E-state index contributed by atoms with van der Waals surface area (Å²) in [5.41, 5.74) is 2.23. The molecule has 3 aliphatic rings. The molecule has 0 aromatic rings. The van der Waals surface area contributed by atoms with Crippen molar-refractivity contribution < 1.29 is 14.4 Å². The maximum atomic E-state index is 12.3. The fourth-order valence-electron chi connectivity index (χ4n) is 2.87. The topological polar surface area (TPSA) is 54.5 Å². The van der Waals surface area contributed by atoms with Gasteiger partial charge in [0.2, 0.25) is 0 Å². The van der Waals surface area contributed by atoms with Crippen LogP contribution in [0.5, 0.6) is 0 Å². The highest BCUT2D eigenvalue weighted by Gasteiger charge is 2.36. The van der Waals surface area contributed by atoms with Crippen LogP contribution in [0.4, 0.5) is 0 Å². The number of allylic oxidation sites excluding steroid dienone is 4. The molecule has 0 atom stereocenters. The lowest BCUT2D eigenvalue weighted by molar-refractivity contribution is -0.137. The molecule has 0 spiro atoms. The van der Waals surface area contributed by atoms with Crippen LogP contribution in [0.1, 0.15) is 32.1 Å². The maximum absolute atomic E-state index is 12.3. The SMILES string of the molecule is O=C1C=CC(CCN2C(=O)C3=C(CCC=C3)C2=O)=CCC1. The Balaban J connectivity index is 1.67. The molecule has 2 aliphatic carbocycles. The molecule has 1 heterocycles. The van der Waals surface area contributed by atoms with E-state index in [1.807, 2.05) is 12.2 Å². The van der Waals surface area contributed by atoms with Gasteiger partial charge in [0, 0.05) is 24.1 Å². The maximum Gasteiger partial charge on any atom is 0.261 e. The normalized spacial score (nSPS) is 21.8. The minimum atomic E-state index is -0.180. The van der Waals surface area contributed by atoms with Gasteiger partial charge < -0.3 is 0 Å². The highest BCUT2D eigenvalue weighted by molar-refractivity contribution is 6.20. The fraction of sp³-hybridized carbons (Fsp3) is 0.353. The van der Waals surface area contributed by atoms with E-state index in [9.17, 15) is 14.4 Å². The molecule has 0 unspecified atom stereocenters. The summed E-state index contributed by atoms with van der Waals surface area (Å²) >= 11 is 0. The lowest BCUT2D eigenvalue weighted by atomic mass is 10.00. The number of imide groups is 1. The molecule has 4 nitrogen and oxygen atoms in total. The summed E-state index contributed by atoms with van der Waals surface area (Å²) in [7, 11) is 0. The second kappa shape index (κ2) is 5.64. The minimum Gasteiger partial charge on any atom is -0.295 e. The fourth-order valence-corrected chi connectivity index (χ4v) is 2.87. The van der Waals surface area contributed by atoms with Gasteiger partial charge in [-0.25, -0.2) is 0 Å². The Kier molecular flexibility index (Phi) is 3.69. The van der Waals surface area contributed by atoms with E-state index in [0.717, 1.165) is 18.4 Å². The molecule has 0 N–H and O–H groups in total. The third kappa shape index (κ3) is 2.66. The first kappa shape index (κ1) is 13.7. The van der Waals surface area contributed by atoms with Gasteiger partial charge in [0.25, 0.3) is 11.8 Å². The predicted molar refractivity (Wildman–Crippen MR) is 78.2 cm³/mol. The molecule has 0 radical (unpaired) electrons. The number of hydrogen-bond donors (Lipinski definition) is 0. The van der Waals surface area contributed by atoms with Crippen LogP contribution in [0.3, 0.4) is 0 Å². The molecule has 21 heavy (non-hydrogen) atoms. The predicted octanol–water partition coefficient (Wildman–Crippen LogP) is 2.24. The lowest BCUT2D eigenvalue weighted by Gasteiger charge is -2.15. The number of nitrogens with zero attached hydrogens (tertiary/aromatic N) is 1. The Bertz CT molecular complexity index is 634. The van der Waals surface area contributed by atoms with Gasteiger partial charge in [-0.1, -0.05) is 29.9 Å². The number of hydrogen-bond acceptors (Lipinski definition) is 3. The minimum absolute atomic E-state index is 0.122. The number of rotatable bonds is 3. The Morgan fingerprint density at radius 2 is 1.81 bits per heavy atom. The third-order valence-electron chi connectivity index (χ3n) is 4.05. The number of carbonyl (C=O) groups is 3. The second-order valence-electron chi connectivity index (χ2n) is 5.46. The zero-order valence-electron chi connectivity index (χ0n) is 11.8. The van der Waals surface area contributed by atoms with E-state index in [1.54, 1.807) is 18.2 Å². The third-order valence-corrected chi connectivity index (χ3v) is 4.05. The molecular formula is C17H17NO3. The standard InChI is InChI=1S/C17H17NO3/c19-13-5-3-4-12(8-9-13)10-11-18-16(20)14-6-1-2-7-15(14)17(18)21/h1,4,6,8-9H,2-3,5,7,10-11H2. The van der Waals surface area contributed by atoms with Gasteiger partial charge in [-0.05, 0) is 31.8 Å². The molecule has 3 rings (SSSR count). The van der Waals surface area contributed by atoms with Crippen LogP contribution >= 0.6 is 0 Å². The molecule has 0 saturated carbocycles. The van der Waals surface area contributed by atoms with Gasteiger partial charge in [0.15, 0.2) is 5.78 Å². The van der Waals surface area contributed by atoms with E-state index in [4.69, 9.17) is 0 Å². The Morgan fingerprint density at radius 3 is 2.62 bits per heavy atom. The summed E-state index contributed by atoms with van der Waals surface area (Å²) in [5.74, 6) is -0.203. The van der Waals surface area contributed by atoms with Crippen molar-refractivity contribution in [2.45, 2.75) is 32.1 Å². The van der Waals surface area contributed by atoms with Crippen molar-refractivity contribution in [3.8, 4) is 0 Å². The monoisotopic (exact) mass is 283 g/mol. The molecule has 0 saturated heterocycles. The van der Waals surface area contributed by atoms with Crippen LogP contribution in [0.25, 0.3) is 0 Å². The summed E-state index contributed by atoms with van der Waals surface area (Å²) < 4.78 is 0. The Hall–Kier alpha value is -2.23. The van der Waals surface area contributed by atoms with E-state index >= 15 is 0 Å². The van der Waals surface area contributed by atoms with Crippen molar-refractivity contribution in [3.63, 3.8) is 0 Å². The van der Waals surface area contributed by atoms with Crippen molar-refractivity contribution in [1.82, 2.24) is 4.90 Å². The van der Waals surface area contributed by atoms with Crippen LogP contribution < -0.4 is 0 Å². The number of ketones is 1. The van der Waals surface area contributed by atoms with Crippen molar-refractivity contribution in [2.75, 3.05) is 6.54 Å². The van der Waals surface area contributed by atoms with Crippen LogP contribution in [0.15, 0.2) is 47.1 Å². The van der Waals surface area contributed by atoms with Gasteiger partial charge in [-0.2, -0.15) is 0 Å². The van der Waals surface area contributed by atoms with E-state index in [0.29, 0.717) is 37.0 Å².